The summed E-state index contributed by atoms with van der Waals surface area (Å²) in [5.41, 5.74) is 2.73. The maximum Gasteiger partial charge on any atom is 0.230 e. The summed E-state index contributed by atoms with van der Waals surface area (Å²) in [6.07, 6.45) is 0.731. The van der Waals surface area contributed by atoms with Crippen molar-refractivity contribution in [3.63, 3.8) is 0 Å². The number of nitrogens with zero attached hydrogens (tertiary/aromatic N) is 3. The Bertz CT molecular complexity index is 1200. The Hall–Kier alpha value is -3.65. The highest BCUT2D eigenvalue weighted by molar-refractivity contribution is 7.99. The van der Waals surface area contributed by atoms with Gasteiger partial charge in [0, 0.05) is 17.8 Å². The van der Waals surface area contributed by atoms with Crippen molar-refractivity contribution in [1.29, 1.82) is 0 Å². The number of aromatic nitrogens is 3. The first-order valence-corrected chi connectivity index (χ1v) is 11.4. The molecule has 0 aliphatic carbocycles. The highest BCUT2D eigenvalue weighted by Gasteiger charge is 2.17. The van der Waals surface area contributed by atoms with Crippen LogP contribution in [0.15, 0.2) is 84.0 Å². The minimum Gasteiger partial charge on any atom is -0.497 e. The van der Waals surface area contributed by atoms with Gasteiger partial charge in [0.1, 0.15) is 11.6 Å². The topological polar surface area (TPSA) is 69.0 Å². The number of carbonyl (C=O) groups excluding carboxylic acids is 1. The Morgan fingerprint density at radius 2 is 1.73 bits per heavy atom. The number of halogens is 1. The molecular weight excluding hydrogens is 439 g/mol. The second-order valence-electron chi connectivity index (χ2n) is 7.22. The third-order valence-electron chi connectivity index (χ3n) is 4.98. The van der Waals surface area contributed by atoms with Crippen LogP contribution in [0.4, 0.5) is 4.39 Å². The van der Waals surface area contributed by atoms with Crippen LogP contribution in [-0.4, -0.2) is 40.1 Å². The van der Waals surface area contributed by atoms with E-state index in [0.717, 1.165) is 29.0 Å². The molecule has 0 radical (unpaired) electrons. The van der Waals surface area contributed by atoms with E-state index in [1.807, 2.05) is 59.2 Å². The molecule has 1 heterocycles. The van der Waals surface area contributed by atoms with Gasteiger partial charge in [-0.05, 0) is 60.5 Å². The lowest BCUT2D eigenvalue weighted by Crippen LogP contribution is -2.27. The molecule has 33 heavy (non-hydrogen) atoms. The fourth-order valence-corrected chi connectivity index (χ4v) is 4.06. The van der Waals surface area contributed by atoms with Gasteiger partial charge in [-0.2, -0.15) is 0 Å². The van der Waals surface area contributed by atoms with E-state index < -0.39 is 0 Å². The van der Waals surface area contributed by atoms with Gasteiger partial charge in [-0.3, -0.25) is 9.36 Å². The van der Waals surface area contributed by atoms with Crippen LogP contribution in [0, 0.1) is 5.82 Å². The van der Waals surface area contributed by atoms with Gasteiger partial charge in [0.05, 0.1) is 12.9 Å². The van der Waals surface area contributed by atoms with Gasteiger partial charge in [-0.25, -0.2) is 4.39 Å². The Morgan fingerprint density at radius 3 is 2.42 bits per heavy atom. The zero-order valence-electron chi connectivity index (χ0n) is 18.1. The Kier molecular flexibility index (Phi) is 7.36. The van der Waals surface area contributed by atoms with Gasteiger partial charge in [-0.1, -0.05) is 42.1 Å². The van der Waals surface area contributed by atoms with Gasteiger partial charge in [0.2, 0.25) is 5.91 Å². The molecule has 0 unspecified atom stereocenters. The van der Waals surface area contributed by atoms with Crippen LogP contribution >= 0.6 is 11.8 Å². The van der Waals surface area contributed by atoms with Crippen molar-refractivity contribution in [2.75, 3.05) is 19.4 Å². The summed E-state index contributed by atoms with van der Waals surface area (Å²) in [5, 5.41) is 12.1. The number of hydrogen-bond donors (Lipinski definition) is 1. The van der Waals surface area contributed by atoms with E-state index in [4.69, 9.17) is 4.74 Å². The van der Waals surface area contributed by atoms with Crippen LogP contribution in [0.25, 0.3) is 17.1 Å². The molecule has 4 aromatic rings. The van der Waals surface area contributed by atoms with Crippen LogP contribution in [0.3, 0.4) is 0 Å². The van der Waals surface area contributed by atoms with Crippen molar-refractivity contribution in [3.8, 4) is 22.8 Å². The molecule has 3 aromatic carbocycles. The molecule has 0 spiro atoms. The summed E-state index contributed by atoms with van der Waals surface area (Å²) in [5.74, 6) is 1.20. The van der Waals surface area contributed by atoms with E-state index in [1.165, 1.54) is 23.9 Å². The number of ether oxygens (including phenoxy) is 1. The lowest BCUT2D eigenvalue weighted by atomic mass is 10.1. The summed E-state index contributed by atoms with van der Waals surface area (Å²) in [4.78, 5) is 12.4. The predicted molar refractivity (Wildman–Crippen MR) is 127 cm³/mol. The van der Waals surface area contributed by atoms with Gasteiger partial charge in [-0.15, -0.1) is 10.2 Å². The molecular formula is C25H23FN4O2S. The zero-order valence-corrected chi connectivity index (χ0v) is 18.9. The zero-order chi connectivity index (χ0) is 23.0. The van der Waals surface area contributed by atoms with E-state index in [9.17, 15) is 9.18 Å². The molecule has 0 aliphatic heterocycles. The van der Waals surface area contributed by atoms with Crippen molar-refractivity contribution in [2.24, 2.45) is 0 Å². The van der Waals surface area contributed by atoms with Crippen LogP contribution in [0.2, 0.25) is 0 Å². The first-order valence-electron chi connectivity index (χ1n) is 10.4. The average molecular weight is 463 g/mol. The predicted octanol–water partition coefficient (Wildman–Crippen LogP) is 4.53. The van der Waals surface area contributed by atoms with Gasteiger partial charge < -0.3 is 10.1 Å². The highest BCUT2D eigenvalue weighted by Crippen LogP contribution is 2.28. The molecule has 0 fully saturated rings. The van der Waals surface area contributed by atoms with Crippen LogP contribution < -0.4 is 10.1 Å². The quantitative estimate of drug-likeness (QED) is 0.370. The van der Waals surface area contributed by atoms with Gasteiger partial charge in [0.25, 0.3) is 0 Å². The third kappa shape index (κ3) is 5.78. The normalized spacial score (nSPS) is 10.7. The minimum absolute atomic E-state index is 0.0838. The van der Waals surface area contributed by atoms with Gasteiger partial charge in [0.15, 0.2) is 11.0 Å². The number of hydrogen-bond acceptors (Lipinski definition) is 5. The number of benzene rings is 3. The van der Waals surface area contributed by atoms with Crippen LogP contribution in [-0.2, 0) is 11.2 Å². The maximum atomic E-state index is 13.4. The number of nitrogens with one attached hydrogen (secondary N) is 1. The number of methoxy groups -OCH3 is 1. The second kappa shape index (κ2) is 10.8. The summed E-state index contributed by atoms with van der Waals surface area (Å²) in [6, 6.07) is 23.5. The lowest BCUT2D eigenvalue weighted by Gasteiger charge is -2.10. The molecule has 1 amide bonds. The summed E-state index contributed by atoms with van der Waals surface area (Å²) in [7, 11) is 1.63. The van der Waals surface area contributed by atoms with Gasteiger partial charge >= 0.3 is 0 Å². The molecule has 0 bridgehead atoms. The van der Waals surface area contributed by atoms with E-state index >= 15 is 0 Å². The van der Waals surface area contributed by atoms with Crippen LogP contribution in [0.1, 0.15) is 5.56 Å². The Balaban J connectivity index is 1.42. The Labute approximate surface area is 195 Å². The second-order valence-corrected chi connectivity index (χ2v) is 8.16. The third-order valence-corrected chi connectivity index (χ3v) is 5.91. The van der Waals surface area contributed by atoms with Crippen molar-refractivity contribution in [2.45, 2.75) is 11.6 Å². The molecule has 0 saturated heterocycles. The summed E-state index contributed by atoms with van der Waals surface area (Å²) < 4.78 is 20.4. The average Bonchev–Trinajstić information content (AvgIpc) is 3.28. The first kappa shape index (κ1) is 22.5. The Morgan fingerprint density at radius 1 is 1.00 bits per heavy atom. The monoisotopic (exact) mass is 462 g/mol. The molecule has 8 heteroatoms. The van der Waals surface area contributed by atoms with E-state index in [-0.39, 0.29) is 17.5 Å². The fourth-order valence-electron chi connectivity index (χ4n) is 3.28. The maximum absolute atomic E-state index is 13.4. The number of para-hydroxylation sites is 1. The standard InChI is InChI=1S/C25H23FN4O2S/c1-32-22-13-7-18(8-14-22)15-16-27-23(31)17-33-25-29-28-24(19-9-11-20(26)12-10-19)30(25)21-5-3-2-4-6-21/h2-14H,15-17H2,1H3,(H,27,31). The summed E-state index contributed by atoms with van der Waals surface area (Å²) in [6.45, 7) is 0.540. The SMILES string of the molecule is COc1ccc(CCNC(=O)CSc2nnc(-c3ccc(F)cc3)n2-c2ccccc2)cc1. The van der Waals surface area contributed by atoms with Crippen molar-refractivity contribution in [1.82, 2.24) is 20.1 Å². The highest BCUT2D eigenvalue weighted by atomic mass is 32.2. The molecule has 0 saturated carbocycles. The minimum atomic E-state index is -0.314. The molecule has 0 atom stereocenters. The molecule has 0 aliphatic rings. The first-order chi connectivity index (χ1) is 16.1. The van der Waals surface area contributed by atoms with E-state index in [1.54, 1.807) is 19.2 Å². The number of thioether (sulfide) groups is 1. The summed E-state index contributed by atoms with van der Waals surface area (Å²) >= 11 is 1.31. The van der Waals surface area contributed by atoms with E-state index in [2.05, 4.69) is 15.5 Å². The lowest BCUT2D eigenvalue weighted by molar-refractivity contribution is -0.118. The molecule has 1 aromatic heterocycles. The molecule has 168 valence electrons. The van der Waals surface area contributed by atoms with Crippen molar-refractivity contribution in [3.05, 3.63) is 90.2 Å². The van der Waals surface area contributed by atoms with Crippen molar-refractivity contribution >= 4 is 17.7 Å². The largest absolute Gasteiger partial charge is 0.497 e. The number of rotatable bonds is 9. The molecule has 6 nitrogen and oxygen atoms in total. The molecule has 4 rings (SSSR count). The van der Waals surface area contributed by atoms with Crippen molar-refractivity contribution < 1.29 is 13.9 Å². The van der Waals surface area contributed by atoms with E-state index in [0.29, 0.717) is 17.5 Å². The number of amides is 1. The fraction of sp³-hybridized carbons (Fsp3) is 0.160. The number of carbonyl (C=O) groups is 1. The smallest absolute Gasteiger partial charge is 0.230 e. The molecule has 1 N–H and O–H groups in total. The van der Waals surface area contributed by atoms with Crippen LogP contribution in [0.5, 0.6) is 5.75 Å².